The fourth-order valence-corrected chi connectivity index (χ4v) is 4.15. The van der Waals surface area contributed by atoms with E-state index >= 15 is 0 Å². The van der Waals surface area contributed by atoms with Crippen molar-refractivity contribution < 1.29 is 14.6 Å². The van der Waals surface area contributed by atoms with Crippen molar-refractivity contribution in [3.05, 3.63) is 33.8 Å². The first kappa shape index (κ1) is 17.8. The molecule has 1 saturated heterocycles. The molecule has 24 heavy (non-hydrogen) atoms. The minimum Gasteiger partial charge on any atom is -0.444 e. The van der Waals surface area contributed by atoms with Crippen LogP contribution in [-0.4, -0.2) is 34.8 Å². The predicted molar refractivity (Wildman–Crippen MR) is 94.4 cm³/mol. The number of carbonyl (C=O) groups excluding carboxylic acids is 1. The molecule has 6 heteroatoms. The lowest BCUT2D eigenvalue weighted by atomic mass is 9.90. The molecule has 1 saturated carbocycles. The third-order valence-electron chi connectivity index (χ3n) is 4.88. The lowest BCUT2D eigenvalue weighted by molar-refractivity contribution is 0.0155. The van der Waals surface area contributed by atoms with Gasteiger partial charge in [0.05, 0.1) is 15.6 Å². The Kier molecular flexibility index (Phi) is 4.52. The first-order chi connectivity index (χ1) is 11.1. The number of likely N-dealkylation sites (tertiary alicyclic amines) is 1. The monoisotopic (exact) mass is 371 g/mol. The van der Waals surface area contributed by atoms with Gasteiger partial charge in [-0.2, -0.15) is 0 Å². The molecule has 0 aromatic heterocycles. The Labute approximate surface area is 152 Å². The number of ether oxygens (including phenoxy) is 1. The SMILES string of the molecule is CC(C)(C)OC(=O)N1CC2CC(O)(c3ccc(Cl)c(Cl)c3)CC2C1. The maximum Gasteiger partial charge on any atom is 0.410 e. The summed E-state index contributed by atoms with van der Waals surface area (Å²) >= 11 is 12.1. The maximum atomic E-state index is 12.2. The van der Waals surface area contributed by atoms with E-state index < -0.39 is 11.2 Å². The predicted octanol–water partition coefficient (Wildman–Crippen LogP) is 4.46. The topological polar surface area (TPSA) is 49.8 Å². The number of carbonyl (C=O) groups is 1. The molecule has 2 fully saturated rings. The molecule has 132 valence electrons. The summed E-state index contributed by atoms with van der Waals surface area (Å²) in [7, 11) is 0. The van der Waals surface area contributed by atoms with E-state index in [1.54, 1.807) is 17.0 Å². The molecule has 2 unspecified atom stereocenters. The molecule has 1 heterocycles. The second-order valence-corrected chi connectivity index (χ2v) is 8.79. The molecule has 1 N–H and O–H groups in total. The molecule has 2 atom stereocenters. The number of fused-ring (bicyclic) bond motifs is 1. The van der Waals surface area contributed by atoms with Gasteiger partial charge in [0.25, 0.3) is 0 Å². The van der Waals surface area contributed by atoms with Crippen molar-refractivity contribution in [3.8, 4) is 0 Å². The minimum absolute atomic E-state index is 0.269. The fraction of sp³-hybridized carbons (Fsp3) is 0.611. The van der Waals surface area contributed by atoms with Crippen molar-refractivity contribution in [2.24, 2.45) is 11.8 Å². The Morgan fingerprint density at radius 1 is 1.21 bits per heavy atom. The smallest absolute Gasteiger partial charge is 0.410 e. The van der Waals surface area contributed by atoms with Gasteiger partial charge in [0.2, 0.25) is 0 Å². The van der Waals surface area contributed by atoms with Crippen molar-refractivity contribution in [2.75, 3.05) is 13.1 Å². The van der Waals surface area contributed by atoms with E-state index in [9.17, 15) is 9.90 Å². The van der Waals surface area contributed by atoms with Crippen molar-refractivity contribution in [1.29, 1.82) is 0 Å². The van der Waals surface area contributed by atoms with Crippen LogP contribution in [0.15, 0.2) is 18.2 Å². The Morgan fingerprint density at radius 2 is 1.79 bits per heavy atom. The third kappa shape index (κ3) is 3.51. The summed E-state index contributed by atoms with van der Waals surface area (Å²) in [5, 5.41) is 12.0. The number of rotatable bonds is 1. The van der Waals surface area contributed by atoms with Crippen LogP contribution in [-0.2, 0) is 10.3 Å². The molecular weight excluding hydrogens is 349 g/mol. The van der Waals surface area contributed by atoms with Crippen LogP contribution in [0.25, 0.3) is 0 Å². The molecule has 0 radical (unpaired) electrons. The van der Waals surface area contributed by atoms with Crippen molar-refractivity contribution in [3.63, 3.8) is 0 Å². The summed E-state index contributed by atoms with van der Waals surface area (Å²) in [6.45, 7) is 6.85. The summed E-state index contributed by atoms with van der Waals surface area (Å²) in [4.78, 5) is 14.0. The average molecular weight is 372 g/mol. The van der Waals surface area contributed by atoms with Crippen LogP contribution < -0.4 is 0 Å². The van der Waals surface area contributed by atoms with Crippen LogP contribution in [0.4, 0.5) is 4.79 Å². The lowest BCUT2D eigenvalue weighted by Crippen LogP contribution is -2.37. The minimum atomic E-state index is -0.899. The van der Waals surface area contributed by atoms with Gasteiger partial charge in [0.15, 0.2) is 0 Å². The molecule has 0 spiro atoms. The van der Waals surface area contributed by atoms with Crippen LogP contribution in [0.2, 0.25) is 10.0 Å². The zero-order valence-electron chi connectivity index (χ0n) is 14.2. The molecule has 1 aliphatic carbocycles. The van der Waals surface area contributed by atoms with Gasteiger partial charge >= 0.3 is 6.09 Å². The highest BCUT2D eigenvalue weighted by Crippen LogP contribution is 2.49. The van der Waals surface area contributed by atoms with Crippen LogP contribution >= 0.6 is 23.2 Å². The van der Waals surface area contributed by atoms with Crippen molar-refractivity contribution >= 4 is 29.3 Å². The van der Waals surface area contributed by atoms with E-state index in [2.05, 4.69) is 0 Å². The highest BCUT2D eigenvalue weighted by atomic mass is 35.5. The van der Waals surface area contributed by atoms with Gasteiger partial charge in [0.1, 0.15) is 5.60 Å². The Morgan fingerprint density at radius 3 is 2.29 bits per heavy atom. The number of benzene rings is 1. The van der Waals surface area contributed by atoms with Crippen LogP contribution in [0.5, 0.6) is 0 Å². The average Bonchev–Trinajstić information content (AvgIpc) is 2.95. The molecule has 4 nitrogen and oxygen atoms in total. The van der Waals surface area contributed by atoms with E-state index in [1.807, 2.05) is 26.8 Å². The van der Waals surface area contributed by atoms with Crippen LogP contribution in [0.3, 0.4) is 0 Å². The maximum absolute atomic E-state index is 12.2. The number of hydrogen-bond acceptors (Lipinski definition) is 3. The van der Waals surface area contributed by atoms with E-state index in [0.29, 0.717) is 36.0 Å². The molecule has 1 amide bonds. The van der Waals surface area contributed by atoms with Gasteiger partial charge in [-0.1, -0.05) is 29.3 Å². The number of amides is 1. The second kappa shape index (κ2) is 6.08. The van der Waals surface area contributed by atoms with E-state index in [1.165, 1.54) is 0 Å². The fourth-order valence-electron chi connectivity index (χ4n) is 3.85. The largest absolute Gasteiger partial charge is 0.444 e. The number of halogens is 2. The van der Waals surface area contributed by atoms with Crippen LogP contribution in [0, 0.1) is 11.8 Å². The molecule has 1 aromatic carbocycles. The van der Waals surface area contributed by atoms with Crippen molar-refractivity contribution in [2.45, 2.75) is 44.8 Å². The van der Waals surface area contributed by atoms with E-state index in [4.69, 9.17) is 27.9 Å². The van der Waals surface area contributed by atoms with Gasteiger partial charge < -0.3 is 14.7 Å². The van der Waals surface area contributed by atoms with Gasteiger partial charge in [-0.3, -0.25) is 0 Å². The highest BCUT2D eigenvalue weighted by molar-refractivity contribution is 6.42. The summed E-state index contributed by atoms with van der Waals surface area (Å²) in [5.74, 6) is 0.550. The van der Waals surface area contributed by atoms with Crippen LogP contribution in [0.1, 0.15) is 39.2 Å². The molecule has 0 bridgehead atoms. The van der Waals surface area contributed by atoms with Gasteiger partial charge in [-0.15, -0.1) is 0 Å². The Bertz CT molecular complexity index is 642. The molecule has 1 aliphatic heterocycles. The highest BCUT2D eigenvalue weighted by Gasteiger charge is 2.50. The number of aliphatic hydroxyl groups is 1. The quantitative estimate of drug-likeness (QED) is 0.792. The lowest BCUT2D eigenvalue weighted by Gasteiger charge is -2.28. The molecule has 3 rings (SSSR count). The second-order valence-electron chi connectivity index (χ2n) is 7.97. The Balaban J connectivity index is 1.68. The number of hydrogen-bond donors (Lipinski definition) is 1. The molecule has 2 aliphatic rings. The van der Waals surface area contributed by atoms with Gasteiger partial charge in [0, 0.05) is 13.1 Å². The summed E-state index contributed by atoms with van der Waals surface area (Å²) in [6, 6.07) is 5.30. The molecule has 1 aromatic rings. The van der Waals surface area contributed by atoms with Gasteiger partial charge in [-0.25, -0.2) is 4.79 Å². The standard InChI is InChI=1S/C18H23Cl2NO3/c1-17(2,3)24-16(22)21-9-11-7-18(23,8-12(11)10-21)13-4-5-14(19)15(20)6-13/h4-6,11-12,23H,7-10H2,1-3H3. The normalized spacial score (nSPS) is 29.7. The first-order valence-electron chi connectivity index (χ1n) is 8.23. The van der Waals surface area contributed by atoms with Gasteiger partial charge in [-0.05, 0) is 63.1 Å². The third-order valence-corrected chi connectivity index (χ3v) is 5.62. The molecular formula is C18H23Cl2NO3. The summed E-state index contributed by atoms with van der Waals surface area (Å²) in [6.07, 6.45) is 0.971. The Hall–Kier alpha value is -0.970. The summed E-state index contributed by atoms with van der Waals surface area (Å²) < 4.78 is 5.44. The van der Waals surface area contributed by atoms with E-state index in [-0.39, 0.29) is 17.9 Å². The zero-order valence-corrected chi connectivity index (χ0v) is 15.7. The number of nitrogens with zero attached hydrogens (tertiary/aromatic N) is 1. The summed E-state index contributed by atoms with van der Waals surface area (Å²) in [5.41, 5.74) is -0.589. The first-order valence-corrected chi connectivity index (χ1v) is 8.99. The van der Waals surface area contributed by atoms with Crippen molar-refractivity contribution in [1.82, 2.24) is 4.90 Å². The van der Waals surface area contributed by atoms with E-state index in [0.717, 1.165) is 5.56 Å². The zero-order chi connectivity index (χ0) is 17.7.